The summed E-state index contributed by atoms with van der Waals surface area (Å²) in [5.41, 5.74) is 2.16. The molecule has 27 heavy (non-hydrogen) atoms. The molecule has 2 aromatic carbocycles. The number of ketones is 1. The second-order valence-corrected chi connectivity index (χ2v) is 5.88. The SMILES string of the molecule is CC(=O)c1ccc(OCCCC(=O)Nc2ccc(-n3cnnn3)cc2)cc1. The Labute approximate surface area is 156 Å². The van der Waals surface area contributed by atoms with Crippen molar-refractivity contribution in [3.8, 4) is 11.4 Å². The van der Waals surface area contributed by atoms with E-state index in [1.54, 1.807) is 36.4 Å². The Bertz CT molecular complexity index is 890. The van der Waals surface area contributed by atoms with Gasteiger partial charge in [0, 0.05) is 17.7 Å². The summed E-state index contributed by atoms with van der Waals surface area (Å²) in [5.74, 6) is 0.614. The largest absolute Gasteiger partial charge is 0.494 e. The van der Waals surface area contributed by atoms with Crippen molar-refractivity contribution in [2.24, 2.45) is 0 Å². The molecular weight excluding hydrogens is 346 g/mol. The minimum atomic E-state index is -0.0827. The first kappa shape index (κ1) is 18.2. The molecule has 0 radical (unpaired) electrons. The van der Waals surface area contributed by atoms with Gasteiger partial charge in [0.05, 0.1) is 12.3 Å². The van der Waals surface area contributed by atoms with Gasteiger partial charge in [-0.25, -0.2) is 4.68 Å². The van der Waals surface area contributed by atoms with Gasteiger partial charge in [-0.15, -0.1) is 5.10 Å². The molecule has 138 valence electrons. The number of benzene rings is 2. The number of Topliss-reactive ketones (excluding diaryl/α,β-unsaturated/α-hetero) is 1. The highest BCUT2D eigenvalue weighted by atomic mass is 16.5. The van der Waals surface area contributed by atoms with Gasteiger partial charge in [0.2, 0.25) is 5.91 Å². The van der Waals surface area contributed by atoms with E-state index in [9.17, 15) is 9.59 Å². The summed E-state index contributed by atoms with van der Waals surface area (Å²) in [6.45, 7) is 1.94. The van der Waals surface area contributed by atoms with Gasteiger partial charge in [0.1, 0.15) is 12.1 Å². The van der Waals surface area contributed by atoms with Gasteiger partial charge in [0.25, 0.3) is 0 Å². The summed E-state index contributed by atoms with van der Waals surface area (Å²) in [6, 6.07) is 14.2. The van der Waals surface area contributed by atoms with Crippen molar-refractivity contribution in [1.82, 2.24) is 20.2 Å². The van der Waals surface area contributed by atoms with Crippen LogP contribution < -0.4 is 10.1 Å². The zero-order valence-corrected chi connectivity index (χ0v) is 14.8. The molecule has 1 amide bonds. The lowest BCUT2D eigenvalue weighted by Crippen LogP contribution is -2.12. The Morgan fingerprint density at radius 3 is 2.44 bits per heavy atom. The quantitative estimate of drug-likeness (QED) is 0.487. The smallest absolute Gasteiger partial charge is 0.224 e. The standard InChI is InChI=1S/C19H19N5O3/c1-14(25)15-4-10-18(11-5-15)27-12-2-3-19(26)21-16-6-8-17(9-7-16)24-13-20-22-23-24/h4-11,13H,2-3,12H2,1H3,(H,21,26). The van der Waals surface area contributed by atoms with Crippen molar-refractivity contribution in [2.45, 2.75) is 19.8 Å². The zero-order valence-electron chi connectivity index (χ0n) is 14.8. The number of nitrogens with zero attached hydrogens (tertiary/aromatic N) is 4. The fourth-order valence-corrected chi connectivity index (χ4v) is 2.41. The minimum absolute atomic E-state index is 0.0178. The molecule has 0 bridgehead atoms. The van der Waals surface area contributed by atoms with E-state index in [0.29, 0.717) is 36.4 Å². The summed E-state index contributed by atoms with van der Waals surface area (Å²) >= 11 is 0. The Morgan fingerprint density at radius 2 is 1.81 bits per heavy atom. The van der Waals surface area contributed by atoms with Crippen LogP contribution in [0.1, 0.15) is 30.1 Å². The maximum Gasteiger partial charge on any atom is 0.224 e. The molecule has 0 saturated carbocycles. The number of nitrogens with one attached hydrogen (secondary N) is 1. The van der Waals surface area contributed by atoms with Crippen LogP contribution in [0.25, 0.3) is 5.69 Å². The van der Waals surface area contributed by atoms with Crippen LogP contribution in [0.5, 0.6) is 5.75 Å². The Morgan fingerprint density at radius 1 is 1.07 bits per heavy atom. The number of rotatable bonds is 8. The maximum atomic E-state index is 12.0. The van der Waals surface area contributed by atoms with Crippen LogP contribution in [-0.4, -0.2) is 38.5 Å². The Balaban J connectivity index is 1.40. The summed E-state index contributed by atoms with van der Waals surface area (Å²) in [6.07, 6.45) is 2.44. The number of hydrogen-bond acceptors (Lipinski definition) is 6. The molecule has 0 aliphatic carbocycles. The van der Waals surface area contributed by atoms with E-state index in [0.717, 1.165) is 5.69 Å². The third-order valence-corrected chi connectivity index (χ3v) is 3.84. The molecule has 1 heterocycles. The van der Waals surface area contributed by atoms with Crippen molar-refractivity contribution in [3.63, 3.8) is 0 Å². The topological polar surface area (TPSA) is 99.0 Å². The number of carbonyl (C=O) groups is 2. The summed E-state index contributed by atoms with van der Waals surface area (Å²) in [4.78, 5) is 23.2. The number of hydrogen-bond donors (Lipinski definition) is 1. The van der Waals surface area contributed by atoms with Crippen molar-refractivity contribution in [3.05, 3.63) is 60.4 Å². The monoisotopic (exact) mass is 365 g/mol. The number of tetrazole rings is 1. The molecule has 0 fully saturated rings. The molecule has 8 nitrogen and oxygen atoms in total. The lowest BCUT2D eigenvalue weighted by atomic mass is 10.1. The molecule has 3 rings (SSSR count). The number of amides is 1. The molecular formula is C19H19N5O3. The Hall–Kier alpha value is -3.55. The van der Waals surface area contributed by atoms with Crippen LogP contribution in [0.2, 0.25) is 0 Å². The van der Waals surface area contributed by atoms with Crippen molar-refractivity contribution < 1.29 is 14.3 Å². The second kappa shape index (κ2) is 8.70. The molecule has 0 unspecified atom stereocenters. The van der Waals surface area contributed by atoms with Gasteiger partial charge in [-0.3, -0.25) is 9.59 Å². The highest BCUT2D eigenvalue weighted by Crippen LogP contribution is 2.14. The van der Waals surface area contributed by atoms with Gasteiger partial charge < -0.3 is 10.1 Å². The first-order valence-corrected chi connectivity index (χ1v) is 8.49. The first-order valence-electron chi connectivity index (χ1n) is 8.49. The first-order chi connectivity index (χ1) is 13.1. The molecule has 1 N–H and O–H groups in total. The average Bonchev–Trinajstić information content (AvgIpc) is 3.21. The van der Waals surface area contributed by atoms with Gasteiger partial charge in [-0.2, -0.15) is 0 Å². The predicted octanol–water partition coefficient (Wildman–Crippen LogP) is 2.66. The highest BCUT2D eigenvalue weighted by molar-refractivity contribution is 5.94. The van der Waals surface area contributed by atoms with E-state index in [1.165, 1.54) is 17.9 Å². The van der Waals surface area contributed by atoms with Crippen LogP contribution >= 0.6 is 0 Å². The number of carbonyl (C=O) groups excluding carboxylic acids is 2. The fourth-order valence-electron chi connectivity index (χ4n) is 2.41. The second-order valence-electron chi connectivity index (χ2n) is 5.88. The maximum absolute atomic E-state index is 12.0. The van der Waals surface area contributed by atoms with E-state index < -0.39 is 0 Å². The number of anilines is 1. The third kappa shape index (κ3) is 5.21. The van der Waals surface area contributed by atoms with E-state index in [1.807, 2.05) is 12.1 Å². The molecule has 0 spiro atoms. The molecule has 1 aromatic heterocycles. The molecule has 8 heteroatoms. The lowest BCUT2D eigenvalue weighted by Gasteiger charge is -2.08. The van der Waals surface area contributed by atoms with E-state index in [2.05, 4.69) is 20.8 Å². The zero-order chi connectivity index (χ0) is 19.1. The molecule has 0 saturated heterocycles. The molecule has 3 aromatic rings. The van der Waals surface area contributed by atoms with E-state index >= 15 is 0 Å². The van der Waals surface area contributed by atoms with Crippen molar-refractivity contribution in [1.29, 1.82) is 0 Å². The van der Waals surface area contributed by atoms with Crippen molar-refractivity contribution >= 4 is 17.4 Å². The van der Waals surface area contributed by atoms with Crippen LogP contribution in [0, 0.1) is 0 Å². The fraction of sp³-hybridized carbons (Fsp3) is 0.211. The van der Waals surface area contributed by atoms with Gasteiger partial charge in [-0.1, -0.05) is 0 Å². The van der Waals surface area contributed by atoms with E-state index in [-0.39, 0.29) is 11.7 Å². The van der Waals surface area contributed by atoms with Crippen molar-refractivity contribution in [2.75, 3.05) is 11.9 Å². The van der Waals surface area contributed by atoms with Gasteiger partial charge >= 0.3 is 0 Å². The van der Waals surface area contributed by atoms with Crippen LogP contribution in [0.3, 0.4) is 0 Å². The van der Waals surface area contributed by atoms with Gasteiger partial charge in [-0.05, 0) is 72.3 Å². The summed E-state index contributed by atoms with van der Waals surface area (Å²) in [7, 11) is 0. The minimum Gasteiger partial charge on any atom is -0.494 e. The normalized spacial score (nSPS) is 10.4. The third-order valence-electron chi connectivity index (χ3n) is 3.84. The Kier molecular flexibility index (Phi) is 5.88. The number of ether oxygens (including phenoxy) is 1. The summed E-state index contributed by atoms with van der Waals surface area (Å²) in [5, 5.41) is 13.8. The van der Waals surface area contributed by atoms with Crippen LogP contribution in [0.15, 0.2) is 54.9 Å². The predicted molar refractivity (Wildman–Crippen MR) is 99.0 cm³/mol. The lowest BCUT2D eigenvalue weighted by molar-refractivity contribution is -0.116. The molecule has 0 aliphatic heterocycles. The molecule has 0 atom stereocenters. The van der Waals surface area contributed by atoms with E-state index in [4.69, 9.17) is 4.74 Å². The van der Waals surface area contributed by atoms with Crippen LogP contribution in [-0.2, 0) is 4.79 Å². The van der Waals surface area contributed by atoms with Gasteiger partial charge in [0.15, 0.2) is 5.78 Å². The number of aromatic nitrogens is 4. The highest BCUT2D eigenvalue weighted by Gasteiger charge is 2.05. The average molecular weight is 365 g/mol. The molecule has 0 aliphatic rings. The van der Waals surface area contributed by atoms with Crippen LogP contribution in [0.4, 0.5) is 5.69 Å². The summed E-state index contributed by atoms with van der Waals surface area (Å²) < 4.78 is 7.12.